The minimum absolute atomic E-state index is 0.198. The topological polar surface area (TPSA) is 38.8 Å². The van der Waals surface area contributed by atoms with Crippen LogP contribution in [0, 0.1) is 0 Å². The molecule has 0 unspecified atom stereocenters. The van der Waals surface area contributed by atoms with Crippen LogP contribution in [0.2, 0.25) is 5.02 Å². The molecule has 0 spiro atoms. The molecular weight excluding hydrogens is 320 g/mol. The highest BCUT2D eigenvalue weighted by molar-refractivity contribution is 7.80. The van der Waals surface area contributed by atoms with Crippen molar-refractivity contribution in [1.29, 1.82) is 0 Å². The van der Waals surface area contributed by atoms with E-state index in [4.69, 9.17) is 23.8 Å². The summed E-state index contributed by atoms with van der Waals surface area (Å²) in [6.07, 6.45) is 2.50. The van der Waals surface area contributed by atoms with Crippen LogP contribution in [0.3, 0.4) is 0 Å². The lowest BCUT2D eigenvalue weighted by Gasteiger charge is -2.25. The molecule has 1 aromatic rings. The molecule has 3 rings (SSSR count). The van der Waals surface area contributed by atoms with Crippen molar-refractivity contribution in [3.63, 3.8) is 0 Å². The first-order valence-electron chi connectivity index (χ1n) is 7.49. The number of urea groups is 1. The molecule has 2 heterocycles. The monoisotopic (exact) mass is 338 g/mol. The number of thiocarbonyl (C=S) groups is 1. The quantitative estimate of drug-likeness (QED) is 0.860. The third kappa shape index (κ3) is 3.51. The van der Waals surface area contributed by atoms with Crippen molar-refractivity contribution >= 4 is 40.6 Å². The summed E-state index contributed by atoms with van der Waals surface area (Å²) in [5.74, 6) is 0. The van der Waals surface area contributed by atoms with E-state index in [1.54, 1.807) is 23.1 Å². The maximum absolute atomic E-state index is 12.4. The van der Waals surface area contributed by atoms with Crippen LogP contribution < -0.4 is 5.32 Å². The highest BCUT2D eigenvalue weighted by Gasteiger charge is 2.31. The Hall–Kier alpha value is -1.37. The number of nitrogens with one attached hydrogen (secondary N) is 1. The summed E-state index contributed by atoms with van der Waals surface area (Å²) >= 11 is 11.4. The Bertz CT molecular complexity index is 576. The van der Waals surface area contributed by atoms with Gasteiger partial charge in [-0.15, -0.1) is 0 Å². The third-order valence-corrected chi connectivity index (χ3v) is 4.70. The predicted octanol–water partition coefficient (Wildman–Crippen LogP) is 2.83. The van der Waals surface area contributed by atoms with Gasteiger partial charge in [0.1, 0.15) is 0 Å². The Morgan fingerprint density at radius 3 is 2.73 bits per heavy atom. The van der Waals surface area contributed by atoms with E-state index in [0.717, 1.165) is 26.3 Å². The van der Waals surface area contributed by atoms with Gasteiger partial charge >= 0.3 is 6.03 Å². The van der Waals surface area contributed by atoms with E-state index < -0.39 is 0 Å². The van der Waals surface area contributed by atoms with Gasteiger partial charge in [0.15, 0.2) is 5.11 Å². The number of benzene rings is 1. The molecule has 2 amide bonds. The fourth-order valence-corrected chi connectivity index (χ4v) is 3.34. The number of hydrogen-bond donors (Lipinski definition) is 1. The van der Waals surface area contributed by atoms with Gasteiger partial charge in [-0.25, -0.2) is 4.79 Å². The van der Waals surface area contributed by atoms with Crippen LogP contribution >= 0.6 is 23.8 Å². The summed E-state index contributed by atoms with van der Waals surface area (Å²) in [5, 5.41) is 4.04. The molecule has 7 heteroatoms. The molecular formula is C15H19ClN4OS. The van der Waals surface area contributed by atoms with Gasteiger partial charge in [-0.3, -0.25) is 9.80 Å². The van der Waals surface area contributed by atoms with E-state index in [1.165, 1.54) is 12.8 Å². The first-order chi connectivity index (χ1) is 10.6. The number of halogens is 1. The summed E-state index contributed by atoms with van der Waals surface area (Å²) in [6.45, 7) is 4.47. The molecule has 2 saturated heterocycles. The maximum Gasteiger partial charge on any atom is 0.328 e. The highest BCUT2D eigenvalue weighted by atomic mass is 35.5. The first kappa shape index (κ1) is 15.5. The molecule has 1 aromatic carbocycles. The zero-order valence-corrected chi connectivity index (χ0v) is 13.9. The first-order valence-corrected chi connectivity index (χ1v) is 8.27. The van der Waals surface area contributed by atoms with E-state index in [2.05, 4.69) is 15.1 Å². The Kier molecular flexibility index (Phi) is 4.81. The normalized spacial score (nSPS) is 19.0. The number of hydrogen-bond acceptors (Lipinski definition) is 3. The molecule has 0 saturated carbocycles. The third-order valence-electron chi connectivity index (χ3n) is 3.99. The molecule has 0 aliphatic carbocycles. The zero-order chi connectivity index (χ0) is 15.5. The van der Waals surface area contributed by atoms with Crippen LogP contribution in [-0.4, -0.2) is 58.7 Å². The number of carbonyl (C=O) groups is 1. The fraction of sp³-hybridized carbons (Fsp3) is 0.467. The van der Waals surface area contributed by atoms with Crippen molar-refractivity contribution in [3.8, 4) is 0 Å². The molecule has 2 fully saturated rings. The highest BCUT2D eigenvalue weighted by Crippen LogP contribution is 2.18. The van der Waals surface area contributed by atoms with E-state index in [9.17, 15) is 4.79 Å². The number of anilines is 1. The number of carbonyl (C=O) groups excluding carboxylic acids is 1. The van der Waals surface area contributed by atoms with Gasteiger partial charge in [0.25, 0.3) is 0 Å². The van der Waals surface area contributed by atoms with Gasteiger partial charge in [-0.1, -0.05) is 17.7 Å². The number of nitrogens with zero attached hydrogens (tertiary/aromatic N) is 3. The van der Waals surface area contributed by atoms with Crippen LogP contribution in [0.5, 0.6) is 0 Å². The van der Waals surface area contributed by atoms with Crippen LogP contribution in [0.15, 0.2) is 24.3 Å². The van der Waals surface area contributed by atoms with Gasteiger partial charge in [-0.05, 0) is 56.3 Å². The van der Waals surface area contributed by atoms with Crippen LogP contribution in [0.1, 0.15) is 12.8 Å². The Labute approximate surface area is 140 Å². The summed E-state index contributed by atoms with van der Waals surface area (Å²) in [6, 6.07) is 6.91. The average Bonchev–Trinajstić information content (AvgIpc) is 3.10. The Morgan fingerprint density at radius 1 is 1.23 bits per heavy atom. The molecule has 118 valence electrons. The fourth-order valence-electron chi connectivity index (χ4n) is 2.82. The number of amides is 2. The second-order valence-electron chi connectivity index (χ2n) is 5.60. The van der Waals surface area contributed by atoms with Crippen molar-refractivity contribution in [2.75, 3.05) is 38.2 Å². The van der Waals surface area contributed by atoms with Gasteiger partial charge in [0, 0.05) is 23.8 Å². The van der Waals surface area contributed by atoms with E-state index in [1.807, 2.05) is 6.07 Å². The SMILES string of the molecule is O=C(Nc1cccc(Cl)c1)N1CCN(CN2CCCC2)C1=S. The molecule has 2 aliphatic rings. The summed E-state index contributed by atoms with van der Waals surface area (Å²) in [4.78, 5) is 18.5. The maximum atomic E-state index is 12.4. The lowest BCUT2D eigenvalue weighted by molar-refractivity contribution is 0.234. The summed E-state index contributed by atoms with van der Waals surface area (Å²) in [7, 11) is 0. The van der Waals surface area contributed by atoms with Gasteiger partial charge in [-0.2, -0.15) is 0 Å². The molecule has 5 nitrogen and oxygen atoms in total. The molecule has 22 heavy (non-hydrogen) atoms. The molecule has 0 bridgehead atoms. The largest absolute Gasteiger partial charge is 0.334 e. The number of rotatable bonds is 3. The predicted molar refractivity (Wildman–Crippen MR) is 92.2 cm³/mol. The van der Waals surface area contributed by atoms with Crippen molar-refractivity contribution in [2.45, 2.75) is 12.8 Å². The second-order valence-corrected chi connectivity index (χ2v) is 6.41. The summed E-state index contributed by atoms with van der Waals surface area (Å²) < 4.78 is 0. The van der Waals surface area contributed by atoms with Crippen LogP contribution in [-0.2, 0) is 0 Å². The van der Waals surface area contributed by atoms with Crippen molar-refractivity contribution < 1.29 is 4.79 Å². The van der Waals surface area contributed by atoms with Gasteiger partial charge in [0.05, 0.1) is 6.67 Å². The van der Waals surface area contributed by atoms with Gasteiger partial charge in [0.2, 0.25) is 0 Å². The van der Waals surface area contributed by atoms with Crippen molar-refractivity contribution in [3.05, 3.63) is 29.3 Å². The average molecular weight is 339 g/mol. The number of likely N-dealkylation sites (tertiary alicyclic amines) is 1. The lowest BCUT2D eigenvalue weighted by atomic mass is 10.3. The van der Waals surface area contributed by atoms with Crippen LogP contribution in [0.25, 0.3) is 0 Å². The molecule has 0 aromatic heterocycles. The van der Waals surface area contributed by atoms with E-state index in [0.29, 0.717) is 22.4 Å². The van der Waals surface area contributed by atoms with E-state index >= 15 is 0 Å². The molecule has 0 atom stereocenters. The second kappa shape index (κ2) is 6.81. The van der Waals surface area contributed by atoms with Crippen molar-refractivity contribution in [2.24, 2.45) is 0 Å². The minimum atomic E-state index is -0.198. The van der Waals surface area contributed by atoms with Gasteiger partial charge < -0.3 is 10.2 Å². The Balaban J connectivity index is 1.58. The lowest BCUT2D eigenvalue weighted by Crippen LogP contribution is -2.42. The Morgan fingerprint density at radius 2 is 2.00 bits per heavy atom. The zero-order valence-electron chi connectivity index (χ0n) is 12.3. The summed E-state index contributed by atoms with van der Waals surface area (Å²) in [5.41, 5.74) is 0.679. The molecule has 0 radical (unpaired) electrons. The van der Waals surface area contributed by atoms with E-state index in [-0.39, 0.29) is 6.03 Å². The molecule has 1 N–H and O–H groups in total. The van der Waals surface area contributed by atoms with Crippen molar-refractivity contribution in [1.82, 2.24) is 14.7 Å². The smallest absolute Gasteiger partial charge is 0.328 e. The van der Waals surface area contributed by atoms with Crippen LogP contribution in [0.4, 0.5) is 10.5 Å². The minimum Gasteiger partial charge on any atom is -0.334 e. The molecule has 2 aliphatic heterocycles. The standard InChI is InChI=1S/C15H19ClN4OS/c16-12-4-3-5-13(10-12)17-14(21)20-9-8-19(15(20)22)11-18-6-1-2-7-18/h3-5,10H,1-2,6-9,11H2,(H,17,21).